The third-order valence-electron chi connectivity index (χ3n) is 12.8. The lowest BCUT2D eigenvalue weighted by atomic mass is 9.73. The highest BCUT2D eigenvalue weighted by Crippen LogP contribution is 2.43. The van der Waals surface area contributed by atoms with Crippen molar-refractivity contribution in [2.24, 2.45) is 23.7 Å². The molecule has 3 aliphatic heterocycles. The van der Waals surface area contributed by atoms with Crippen LogP contribution in [0.2, 0.25) is 0 Å². The summed E-state index contributed by atoms with van der Waals surface area (Å²) < 4.78 is 33.0. The zero-order valence-electron chi connectivity index (χ0n) is 36.3. The third kappa shape index (κ3) is 9.73. The van der Waals surface area contributed by atoms with Gasteiger partial charge in [0.05, 0.1) is 48.4 Å². The van der Waals surface area contributed by atoms with Gasteiger partial charge < -0.3 is 48.3 Å². The molecule has 3 fully saturated rings. The third-order valence-corrected chi connectivity index (χ3v) is 12.8. The van der Waals surface area contributed by atoms with E-state index < -0.39 is 90.0 Å². The predicted octanol–water partition coefficient (Wildman–Crippen LogP) is 3.90. The van der Waals surface area contributed by atoms with Gasteiger partial charge in [-0.05, 0) is 86.0 Å². The van der Waals surface area contributed by atoms with Crippen LogP contribution in [-0.2, 0) is 44.6 Å². The van der Waals surface area contributed by atoms with E-state index in [1.54, 1.807) is 53.3 Å². The highest BCUT2D eigenvalue weighted by molar-refractivity contribution is 6.00. The van der Waals surface area contributed by atoms with Crippen molar-refractivity contribution in [1.29, 1.82) is 0 Å². The Labute approximate surface area is 347 Å². The molecule has 13 atom stereocenters. The Balaban J connectivity index is 1.46. The van der Waals surface area contributed by atoms with E-state index in [0.29, 0.717) is 25.8 Å². The fourth-order valence-electron chi connectivity index (χ4n) is 9.39. The summed E-state index contributed by atoms with van der Waals surface area (Å²) in [5, 5.41) is 22.5. The van der Waals surface area contributed by atoms with Crippen LogP contribution in [0.25, 0.3) is 11.3 Å². The molecule has 3 saturated heterocycles. The average molecular weight is 828 g/mol. The zero-order chi connectivity index (χ0) is 43.4. The lowest BCUT2D eigenvalue weighted by molar-refractivity contribution is -0.295. The number of rotatable bonds is 12. The monoisotopic (exact) mass is 827 g/mol. The van der Waals surface area contributed by atoms with Gasteiger partial charge in [-0.1, -0.05) is 20.8 Å². The minimum atomic E-state index is -1.56. The first kappa shape index (κ1) is 46.3. The van der Waals surface area contributed by atoms with Crippen molar-refractivity contribution in [3.05, 3.63) is 37.1 Å². The molecule has 16 nitrogen and oxygen atoms in total. The predicted molar refractivity (Wildman–Crippen MR) is 216 cm³/mol. The Morgan fingerprint density at radius 1 is 1.05 bits per heavy atom. The van der Waals surface area contributed by atoms with E-state index in [0.717, 1.165) is 11.3 Å². The number of aryl methyl sites for hydroxylation is 1. The normalized spacial score (nSPS) is 36.3. The molecule has 5 heterocycles. The number of likely N-dealkylation sites (N-methyl/N-ethyl adjacent to an activating group) is 1. The molecule has 328 valence electrons. The number of ketones is 2. The van der Waals surface area contributed by atoms with Gasteiger partial charge in [0.2, 0.25) is 0 Å². The van der Waals surface area contributed by atoms with Crippen LogP contribution >= 0.6 is 0 Å². The number of cyclic esters (lactones) is 1. The molecular weight excluding hydrogens is 762 g/mol. The molecule has 0 aromatic carbocycles. The number of carbonyl (C=O) groups excluding carboxylic acids is 4. The van der Waals surface area contributed by atoms with Crippen molar-refractivity contribution in [1.82, 2.24) is 24.3 Å². The van der Waals surface area contributed by atoms with Gasteiger partial charge in [-0.2, -0.15) is 0 Å². The number of aromatic nitrogens is 3. The number of aliphatic hydroxyl groups excluding tert-OH is 2. The van der Waals surface area contributed by atoms with Gasteiger partial charge in [-0.15, -0.1) is 0 Å². The fourth-order valence-corrected chi connectivity index (χ4v) is 9.39. The van der Waals surface area contributed by atoms with E-state index in [4.69, 9.17) is 23.7 Å². The van der Waals surface area contributed by atoms with Crippen molar-refractivity contribution in [2.75, 3.05) is 34.4 Å². The lowest BCUT2D eigenvalue weighted by Gasteiger charge is -2.47. The number of methoxy groups -OCH3 is 1. The van der Waals surface area contributed by atoms with Gasteiger partial charge in [0, 0.05) is 62.2 Å². The Hall–Kier alpha value is -3.80. The van der Waals surface area contributed by atoms with E-state index in [1.807, 2.05) is 48.8 Å². The molecule has 5 rings (SSSR count). The Kier molecular flexibility index (Phi) is 15.1. The SMILES string of the molecule is CC[C@H]1OC(=O)[C@H](C)C(=O)[C@H](C)[C@@H](O[C@@H]2O[C@H](C)C[C@H](N(C)C)[C@H]2O)[C@](C)(OC)C[C@@H](C)C(=O)[C@H](CO)[C@H]2N(CCCCn3cnc(-c4cccnc4)c3)C(=O)O[C@]12C. The van der Waals surface area contributed by atoms with Crippen molar-refractivity contribution in [3.63, 3.8) is 0 Å². The number of pyridine rings is 1. The first-order valence-corrected chi connectivity index (χ1v) is 20.9. The second kappa shape index (κ2) is 19.3. The van der Waals surface area contributed by atoms with Crippen molar-refractivity contribution in [2.45, 2.75) is 141 Å². The molecule has 0 unspecified atom stereocenters. The first-order chi connectivity index (χ1) is 27.9. The number of amides is 1. The van der Waals surface area contributed by atoms with E-state index in [-0.39, 0.29) is 37.3 Å². The van der Waals surface area contributed by atoms with Gasteiger partial charge in [-0.3, -0.25) is 19.4 Å². The lowest BCUT2D eigenvalue weighted by Crippen LogP contribution is -2.61. The number of hydrogen-bond acceptors (Lipinski definition) is 14. The fraction of sp³-hybridized carbons (Fsp3) is 0.721. The Morgan fingerprint density at radius 2 is 1.76 bits per heavy atom. The van der Waals surface area contributed by atoms with Gasteiger partial charge >= 0.3 is 12.1 Å². The van der Waals surface area contributed by atoms with Crippen LogP contribution in [0.4, 0.5) is 4.79 Å². The van der Waals surface area contributed by atoms with Gasteiger partial charge in [0.1, 0.15) is 23.9 Å². The number of ether oxygens (including phenoxy) is 5. The minimum Gasteiger partial charge on any atom is -0.458 e. The summed E-state index contributed by atoms with van der Waals surface area (Å²) in [6.07, 6.45) is 3.65. The maximum atomic E-state index is 14.8. The molecule has 2 aromatic heterocycles. The smallest absolute Gasteiger partial charge is 0.410 e. The largest absolute Gasteiger partial charge is 0.458 e. The first-order valence-electron chi connectivity index (χ1n) is 20.9. The summed E-state index contributed by atoms with van der Waals surface area (Å²) in [5.41, 5.74) is -1.23. The van der Waals surface area contributed by atoms with Gasteiger partial charge in [0.25, 0.3) is 0 Å². The quantitative estimate of drug-likeness (QED) is 0.178. The topological polar surface area (TPSA) is 192 Å². The Bertz CT molecular complexity index is 1760. The molecule has 0 bridgehead atoms. The number of Topliss-reactive ketones (excluding diaryl/α,β-unsaturated/α-hetero) is 2. The molecule has 2 N–H and O–H groups in total. The second-order valence-corrected chi connectivity index (χ2v) is 17.3. The summed E-state index contributed by atoms with van der Waals surface area (Å²) in [7, 11) is 5.16. The van der Waals surface area contributed by atoms with E-state index >= 15 is 0 Å². The Morgan fingerprint density at radius 3 is 2.39 bits per heavy atom. The summed E-state index contributed by atoms with van der Waals surface area (Å²) in [4.78, 5) is 69.0. The summed E-state index contributed by atoms with van der Waals surface area (Å²) in [6, 6.07) is 2.45. The molecule has 0 spiro atoms. The maximum Gasteiger partial charge on any atom is 0.410 e. The summed E-state index contributed by atoms with van der Waals surface area (Å²) >= 11 is 0. The zero-order valence-corrected chi connectivity index (χ0v) is 36.3. The second-order valence-electron chi connectivity index (χ2n) is 17.3. The number of carbonyl (C=O) groups is 4. The standard InChI is InChI=1S/C43H65N5O11/c1-11-33-43(7)37(48(41(54)59-43)18-13-12-17-47-22-31(45-24-47)29-15-14-16-44-21-29)30(23-49)34(50)25(2)20-42(6,55-10)38(27(4)35(51)28(5)39(53)57-33)58-40-36(52)32(46(8)9)19-26(3)56-40/h14-16,21-22,24-28,30,32-33,36-38,40,49,52H,11-13,17-20,23H2,1-10H3/t25-,26-,27+,28-,30+,32+,33-,36-,37-,38-,40+,42-,43-/m1/s1. The maximum absolute atomic E-state index is 14.8. The van der Waals surface area contributed by atoms with E-state index in [2.05, 4.69) is 9.97 Å². The van der Waals surface area contributed by atoms with Crippen LogP contribution in [0, 0.1) is 23.7 Å². The molecule has 3 aliphatic rings. The number of esters is 1. The summed E-state index contributed by atoms with van der Waals surface area (Å²) in [6.45, 7) is 12.0. The highest BCUT2D eigenvalue weighted by Gasteiger charge is 2.61. The van der Waals surface area contributed by atoms with Crippen molar-refractivity contribution in [3.8, 4) is 11.3 Å². The van der Waals surface area contributed by atoms with Crippen LogP contribution in [0.1, 0.15) is 80.6 Å². The van der Waals surface area contributed by atoms with E-state index in [1.165, 1.54) is 18.9 Å². The number of aliphatic hydroxyl groups is 2. The molecular formula is C43H65N5O11. The number of fused-ring (bicyclic) bond motifs is 1. The van der Waals surface area contributed by atoms with Crippen LogP contribution in [-0.4, -0.2) is 147 Å². The number of nitrogens with zero attached hydrogens (tertiary/aromatic N) is 5. The number of imidazole rings is 1. The highest BCUT2D eigenvalue weighted by atomic mass is 16.7. The molecule has 2 aromatic rings. The van der Waals surface area contributed by atoms with Crippen LogP contribution < -0.4 is 0 Å². The van der Waals surface area contributed by atoms with Crippen molar-refractivity contribution >= 4 is 23.6 Å². The number of unbranched alkanes of at least 4 members (excludes halogenated alkanes) is 1. The van der Waals surface area contributed by atoms with Gasteiger partial charge in [0.15, 0.2) is 17.7 Å². The van der Waals surface area contributed by atoms with Gasteiger partial charge in [-0.25, -0.2) is 9.78 Å². The number of hydrogen-bond donors (Lipinski definition) is 2. The van der Waals surface area contributed by atoms with Crippen LogP contribution in [0.5, 0.6) is 0 Å². The molecule has 16 heteroatoms. The molecule has 0 radical (unpaired) electrons. The summed E-state index contributed by atoms with van der Waals surface area (Å²) in [5.74, 6) is -5.91. The minimum absolute atomic E-state index is 0.0246. The molecule has 0 aliphatic carbocycles. The molecule has 0 saturated carbocycles. The van der Waals surface area contributed by atoms with Crippen LogP contribution in [0.3, 0.4) is 0 Å². The van der Waals surface area contributed by atoms with Crippen molar-refractivity contribution < 1.29 is 53.1 Å². The average Bonchev–Trinajstić information content (AvgIpc) is 3.79. The van der Waals surface area contributed by atoms with Crippen LogP contribution in [0.15, 0.2) is 37.1 Å². The molecule has 59 heavy (non-hydrogen) atoms. The van der Waals surface area contributed by atoms with E-state index in [9.17, 15) is 29.4 Å². The molecule has 1 amide bonds.